The molecule has 0 bridgehead atoms. The summed E-state index contributed by atoms with van der Waals surface area (Å²) in [7, 11) is 0. The molecule has 0 radical (unpaired) electrons. The van der Waals surface area contributed by atoms with Crippen molar-refractivity contribution in [1.82, 2.24) is 14.5 Å². The molecule has 0 atom stereocenters. The van der Waals surface area contributed by atoms with Crippen LogP contribution in [-0.2, 0) is 21.7 Å². The van der Waals surface area contributed by atoms with Crippen molar-refractivity contribution >= 4 is 11.0 Å². The van der Waals surface area contributed by atoms with Gasteiger partial charge in [-0.2, -0.15) is 0 Å². The number of imidazole rings is 1. The summed E-state index contributed by atoms with van der Waals surface area (Å²) in [4.78, 5) is 10.1. The van der Waals surface area contributed by atoms with Crippen LogP contribution < -0.4 is 0 Å². The maximum atomic E-state index is 13.1. The number of benzene rings is 7. The number of aromatic hydroxyl groups is 1. The summed E-state index contributed by atoms with van der Waals surface area (Å²) in [5, 5.41) is 13.1. The lowest BCUT2D eigenvalue weighted by Crippen LogP contribution is -2.17. The Hall–Kier alpha value is -7.04. The molecule has 9 rings (SSSR count). The Bertz CT molecular complexity index is 3940. The van der Waals surface area contributed by atoms with Crippen LogP contribution in [0.5, 0.6) is 5.75 Å². The van der Waals surface area contributed by atoms with Crippen LogP contribution in [-0.4, -0.2) is 19.6 Å². The zero-order chi connectivity index (χ0) is 64.0. The van der Waals surface area contributed by atoms with Gasteiger partial charge in [0.1, 0.15) is 11.6 Å². The molecule has 0 amide bonds. The first-order valence-electron chi connectivity index (χ1n) is 32.1. The minimum absolute atomic E-state index is 0.190. The van der Waals surface area contributed by atoms with Gasteiger partial charge in [0.05, 0.1) is 28.0 Å². The van der Waals surface area contributed by atoms with Crippen LogP contribution in [0.4, 0.5) is 0 Å². The second-order valence-corrected chi connectivity index (χ2v) is 19.6. The molecule has 0 saturated heterocycles. The second-order valence-electron chi connectivity index (χ2n) is 19.6. The van der Waals surface area contributed by atoms with E-state index in [1.807, 2.05) is 104 Å². The first kappa shape index (κ1) is 29.8. The number of aromatic nitrogens is 3. The van der Waals surface area contributed by atoms with Crippen LogP contribution in [0.2, 0.25) is 0 Å². The monoisotopic (exact) mass is 924 g/mol. The fourth-order valence-corrected chi connectivity index (χ4v) is 8.89. The van der Waals surface area contributed by atoms with Crippen LogP contribution in [0, 0.1) is 0 Å². The van der Waals surface area contributed by atoms with E-state index in [2.05, 4.69) is 65.0 Å². The van der Waals surface area contributed by atoms with E-state index in [1.54, 1.807) is 35.0 Å². The third-order valence-electron chi connectivity index (χ3n) is 13.4. The SMILES string of the molecule is [2H]C([2H])([2H])C(c1cc(-c2nc3c(-c4cc(-c5cc(-c6ccc(-c7ccccc7)cc6)ccn5)cc(C(C)(C)C)c4)cccc3n2-c2ccc(C(C)(C)CC)cc2-c2ccccc2)c(O)c(C(C([2H])([2H])[2H])(C([2H])([2H])[2H])C([2H])([2H])[2H])c1)(C([2H])([2H])[2H])C([2H])([2H])[2H]. The van der Waals surface area contributed by atoms with Crippen molar-refractivity contribution in [2.24, 2.45) is 0 Å². The maximum absolute atomic E-state index is 13.1. The summed E-state index contributed by atoms with van der Waals surface area (Å²) in [6.45, 7) is -12.2. The Morgan fingerprint density at radius 2 is 1.10 bits per heavy atom. The summed E-state index contributed by atoms with van der Waals surface area (Å²) in [6.07, 6.45) is 2.44. The van der Waals surface area contributed by atoms with Crippen LogP contribution in [0.3, 0.4) is 0 Å². The molecule has 0 aliphatic rings. The van der Waals surface area contributed by atoms with Gasteiger partial charge in [-0.3, -0.25) is 9.55 Å². The van der Waals surface area contributed by atoms with Gasteiger partial charge in [-0.25, -0.2) is 4.98 Å². The van der Waals surface area contributed by atoms with Crippen molar-refractivity contribution in [2.75, 3.05) is 0 Å². The molecular formula is C65H67N3O. The summed E-state index contributed by atoms with van der Waals surface area (Å²) in [5.41, 5.74) is -2.24. The van der Waals surface area contributed by atoms with Crippen molar-refractivity contribution in [3.8, 4) is 78.6 Å². The molecule has 0 spiro atoms. The highest BCUT2D eigenvalue weighted by Crippen LogP contribution is 2.46. The van der Waals surface area contributed by atoms with Gasteiger partial charge in [-0.05, 0) is 127 Å². The Balaban J connectivity index is 1.45. The van der Waals surface area contributed by atoms with Gasteiger partial charge in [0.15, 0.2) is 0 Å². The Morgan fingerprint density at radius 1 is 0.493 bits per heavy atom. The molecule has 0 unspecified atom stereocenters. The molecule has 1 N–H and O–H groups in total. The van der Waals surface area contributed by atoms with Gasteiger partial charge in [0.25, 0.3) is 0 Å². The fourth-order valence-electron chi connectivity index (χ4n) is 8.89. The van der Waals surface area contributed by atoms with Gasteiger partial charge in [-0.15, -0.1) is 0 Å². The van der Waals surface area contributed by atoms with Crippen LogP contribution in [0.1, 0.15) is 136 Å². The molecule has 2 aromatic heterocycles. The quantitative estimate of drug-likeness (QED) is 0.157. The predicted octanol–water partition coefficient (Wildman–Crippen LogP) is 17.7. The molecule has 348 valence electrons. The molecule has 9 aromatic rings. The lowest BCUT2D eigenvalue weighted by molar-refractivity contribution is 0.446. The smallest absolute Gasteiger partial charge is 0.149 e. The lowest BCUT2D eigenvalue weighted by Gasteiger charge is -2.28. The van der Waals surface area contributed by atoms with E-state index in [0.717, 1.165) is 45.0 Å². The predicted molar refractivity (Wildman–Crippen MR) is 293 cm³/mol. The third-order valence-corrected chi connectivity index (χ3v) is 13.4. The van der Waals surface area contributed by atoms with Gasteiger partial charge in [-0.1, -0.05) is 198 Å². The van der Waals surface area contributed by atoms with Gasteiger partial charge >= 0.3 is 0 Å². The van der Waals surface area contributed by atoms with E-state index in [-0.39, 0.29) is 11.0 Å². The Morgan fingerprint density at radius 3 is 1.75 bits per heavy atom. The number of hydrogen-bond donors (Lipinski definition) is 1. The van der Waals surface area contributed by atoms with Crippen molar-refractivity contribution in [2.45, 2.75) is 111 Å². The topological polar surface area (TPSA) is 50.9 Å². The average molecular weight is 924 g/mol. The number of phenolic OH excluding ortho intramolecular Hbond substituents is 1. The number of nitrogens with zero attached hydrogens (tertiary/aromatic N) is 3. The average Bonchev–Trinajstić information content (AvgIpc) is 1.08. The highest BCUT2D eigenvalue weighted by Gasteiger charge is 2.30. The Labute approximate surface area is 436 Å². The van der Waals surface area contributed by atoms with E-state index >= 15 is 0 Å². The summed E-state index contributed by atoms with van der Waals surface area (Å²) in [5.74, 6) is -1.75. The van der Waals surface area contributed by atoms with Crippen LogP contribution in [0.25, 0.3) is 83.9 Å². The first-order valence-corrected chi connectivity index (χ1v) is 23.1. The minimum Gasteiger partial charge on any atom is -0.507 e. The number of phenols is 1. The van der Waals surface area contributed by atoms with Gasteiger partial charge in [0.2, 0.25) is 0 Å². The number of fused-ring (bicyclic) bond motifs is 1. The van der Waals surface area contributed by atoms with E-state index < -0.39 is 91.0 Å². The molecule has 7 aromatic carbocycles. The number of rotatable bonds is 9. The van der Waals surface area contributed by atoms with Gasteiger partial charge in [0, 0.05) is 53.1 Å². The van der Waals surface area contributed by atoms with Crippen molar-refractivity contribution in [1.29, 1.82) is 0 Å². The van der Waals surface area contributed by atoms with Crippen molar-refractivity contribution < 1.29 is 29.8 Å². The Kier molecular flexibility index (Phi) is 7.68. The summed E-state index contributed by atoms with van der Waals surface area (Å²) < 4.78 is 160. The molecule has 4 nitrogen and oxygen atoms in total. The highest BCUT2D eigenvalue weighted by atomic mass is 16.3. The van der Waals surface area contributed by atoms with E-state index in [9.17, 15) is 5.11 Å². The lowest BCUT2D eigenvalue weighted by atomic mass is 9.78. The summed E-state index contributed by atoms with van der Waals surface area (Å²) in [6, 6.07) is 49.3. The maximum Gasteiger partial charge on any atom is 0.149 e. The van der Waals surface area contributed by atoms with Crippen LogP contribution >= 0.6 is 0 Å². The standard InChI is InChI=1S/C65H67N3O/c1-13-65(11,12)49-31-32-57(53(39-49)45-23-18-15-19-24-45)68-58-26-20-25-52(59(58)67-61(68)54-40-51(63(5,6)7)41-55(60(54)69)64(8,9)10)47-35-48(37-50(36-47)62(2,3)4)56-38-46(33-34-66-56)44-29-27-43(28-30-44)42-21-16-14-17-22-42/h14-41,69H,13H2,1-12H3/i5D3,6D3,7D3,8D3,9D3,10D3. The minimum atomic E-state index is -4.14. The number of hydrogen-bond acceptors (Lipinski definition) is 3. The molecule has 0 aliphatic carbocycles. The highest BCUT2D eigenvalue weighted by molar-refractivity contribution is 5.98. The van der Waals surface area contributed by atoms with E-state index in [1.165, 1.54) is 0 Å². The van der Waals surface area contributed by atoms with Crippen LogP contribution in [0.15, 0.2) is 170 Å². The fraction of sp³-hybridized carbons (Fsp3) is 0.262. The second kappa shape index (κ2) is 17.8. The first-order chi connectivity index (χ1) is 40.2. The molecule has 0 saturated carbocycles. The van der Waals surface area contributed by atoms with Crippen molar-refractivity contribution in [3.05, 3.63) is 192 Å². The number of pyridine rings is 1. The number of para-hydroxylation sites is 1. The molecule has 0 fully saturated rings. The molecule has 2 heterocycles. The molecular weight excluding hydrogens is 839 g/mol. The van der Waals surface area contributed by atoms with Gasteiger partial charge < -0.3 is 5.11 Å². The largest absolute Gasteiger partial charge is 0.507 e. The normalized spacial score (nSPS) is 17.4. The summed E-state index contributed by atoms with van der Waals surface area (Å²) >= 11 is 0. The van der Waals surface area contributed by atoms with E-state index in [0.29, 0.717) is 46.1 Å². The zero-order valence-corrected chi connectivity index (χ0v) is 39.7. The van der Waals surface area contributed by atoms with Crippen molar-refractivity contribution in [3.63, 3.8) is 0 Å². The molecule has 69 heavy (non-hydrogen) atoms. The third kappa shape index (κ3) is 9.30. The molecule has 0 aliphatic heterocycles. The van der Waals surface area contributed by atoms with E-state index in [4.69, 9.17) is 34.6 Å². The molecule has 4 heteroatoms. The zero-order valence-electron chi connectivity index (χ0n) is 57.7.